The fourth-order valence-electron chi connectivity index (χ4n) is 4.28. The molecule has 9 nitrogen and oxygen atoms in total. The van der Waals surface area contributed by atoms with Crippen molar-refractivity contribution >= 4 is 29.2 Å². The van der Waals surface area contributed by atoms with E-state index in [0.29, 0.717) is 49.6 Å². The summed E-state index contributed by atoms with van der Waals surface area (Å²) in [7, 11) is 0. The van der Waals surface area contributed by atoms with Crippen LogP contribution in [0.5, 0.6) is 5.88 Å². The molecule has 1 aliphatic carbocycles. The second-order valence-corrected chi connectivity index (χ2v) is 8.02. The van der Waals surface area contributed by atoms with Gasteiger partial charge in [0.1, 0.15) is 12.4 Å². The number of aromatic nitrogens is 3. The van der Waals surface area contributed by atoms with Crippen LogP contribution in [0.2, 0.25) is 0 Å². The number of ether oxygens (including phenoxy) is 2. The molecule has 1 aliphatic rings. The molecule has 0 saturated heterocycles. The number of nitrogens with one attached hydrogen (secondary N) is 1. The topological polar surface area (TPSA) is 116 Å². The number of imidazole rings is 1. The first-order valence-corrected chi connectivity index (χ1v) is 11.2. The number of hydrogen-bond donors (Lipinski definition) is 1. The zero-order chi connectivity index (χ0) is 24.1. The summed E-state index contributed by atoms with van der Waals surface area (Å²) in [6, 6.07) is 6.97. The van der Waals surface area contributed by atoms with E-state index in [4.69, 9.17) is 9.47 Å². The van der Waals surface area contributed by atoms with E-state index in [1.165, 1.54) is 18.2 Å². The number of esters is 1. The van der Waals surface area contributed by atoms with Crippen LogP contribution in [-0.4, -0.2) is 45.9 Å². The third-order valence-corrected chi connectivity index (χ3v) is 5.85. The summed E-state index contributed by atoms with van der Waals surface area (Å²) < 4.78 is 26.0. The molecule has 2 heterocycles. The van der Waals surface area contributed by atoms with Gasteiger partial charge >= 0.3 is 5.97 Å². The molecule has 0 spiro atoms. The van der Waals surface area contributed by atoms with E-state index in [9.17, 15) is 18.8 Å². The van der Waals surface area contributed by atoms with Crippen LogP contribution in [0.4, 0.5) is 4.39 Å². The van der Waals surface area contributed by atoms with Gasteiger partial charge in [0.15, 0.2) is 6.29 Å². The number of fused-ring (bicyclic) bond motifs is 1. The number of amides is 1. The predicted octanol–water partition coefficient (Wildman–Crippen LogP) is 3.12. The van der Waals surface area contributed by atoms with E-state index < -0.39 is 11.7 Å². The number of halogens is 1. The lowest BCUT2D eigenvalue weighted by Crippen LogP contribution is -2.30. The molecule has 1 N–H and O–H groups in total. The number of carbonyl (C=O) groups excluding carboxylic acids is 3. The van der Waals surface area contributed by atoms with Gasteiger partial charge in [-0.2, -0.15) is 4.99 Å². The largest absolute Gasteiger partial charge is 0.470 e. The summed E-state index contributed by atoms with van der Waals surface area (Å²) >= 11 is 0. The molecule has 0 unspecified atom stereocenters. The van der Waals surface area contributed by atoms with Gasteiger partial charge in [0, 0.05) is 17.7 Å². The first-order chi connectivity index (χ1) is 16.5. The first-order valence-electron chi connectivity index (χ1n) is 11.2. The smallest absolute Gasteiger partial charge is 0.308 e. The van der Waals surface area contributed by atoms with Crippen molar-refractivity contribution in [2.75, 3.05) is 13.2 Å². The molecule has 1 fully saturated rings. The van der Waals surface area contributed by atoms with Crippen LogP contribution in [0.25, 0.3) is 11.0 Å². The maximum atomic E-state index is 13.6. The van der Waals surface area contributed by atoms with Crippen molar-refractivity contribution in [2.45, 2.75) is 38.6 Å². The number of benzene rings is 1. The molecule has 0 aliphatic heterocycles. The Bertz CT molecular complexity index is 1270. The minimum Gasteiger partial charge on any atom is -0.470 e. The molecule has 3 aromatic rings. The fraction of sp³-hybridized carbons (Fsp3) is 0.375. The molecular weight excluding hydrogens is 443 g/mol. The van der Waals surface area contributed by atoms with Crippen molar-refractivity contribution in [3.05, 3.63) is 53.5 Å². The zero-order valence-corrected chi connectivity index (χ0v) is 18.7. The van der Waals surface area contributed by atoms with Gasteiger partial charge in [-0.25, -0.2) is 9.37 Å². The lowest BCUT2D eigenvalue weighted by molar-refractivity contribution is -0.149. The molecule has 0 atom stereocenters. The van der Waals surface area contributed by atoms with Gasteiger partial charge in [-0.15, -0.1) is 0 Å². The summed E-state index contributed by atoms with van der Waals surface area (Å²) in [5.41, 5.74) is 1.74. The number of pyridine rings is 1. The van der Waals surface area contributed by atoms with Gasteiger partial charge in [-0.3, -0.25) is 14.4 Å². The Morgan fingerprint density at radius 1 is 1.26 bits per heavy atom. The summed E-state index contributed by atoms with van der Waals surface area (Å²) in [6.45, 7) is 1.99. The number of aldehydes is 1. The lowest BCUT2D eigenvalue weighted by atomic mass is 9.86. The highest BCUT2D eigenvalue weighted by molar-refractivity contribution is 5.95. The highest BCUT2D eigenvalue weighted by Crippen LogP contribution is 2.34. The van der Waals surface area contributed by atoms with E-state index in [1.54, 1.807) is 19.2 Å². The van der Waals surface area contributed by atoms with E-state index in [2.05, 4.69) is 15.0 Å². The van der Waals surface area contributed by atoms with E-state index in [0.717, 1.165) is 6.07 Å². The molecule has 1 aromatic carbocycles. The highest BCUT2D eigenvalue weighted by atomic mass is 19.1. The Hall–Kier alpha value is -3.82. The number of aromatic amines is 1. The number of nitrogens with zero attached hydrogens (tertiary/aromatic N) is 3. The van der Waals surface area contributed by atoms with Crippen LogP contribution < -0.4 is 10.4 Å². The SMILES string of the molecule is CCOC(=O)[C@H]1CC[C@@H](n2/c(=N/C(=O)c3cccc(F)c3)[nH]c3cnc(OCC=O)cc32)CC1. The molecule has 0 bridgehead atoms. The van der Waals surface area contributed by atoms with Crippen molar-refractivity contribution < 1.29 is 28.2 Å². The molecule has 178 valence electrons. The van der Waals surface area contributed by atoms with Gasteiger partial charge in [0.25, 0.3) is 5.91 Å². The van der Waals surface area contributed by atoms with E-state index in [-0.39, 0.29) is 41.6 Å². The molecule has 1 saturated carbocycles. The van der Waals surface area contributed by atoms with Crippen molar-refractivity contribution in [3.63, 3.8) is 0 Å². The second kappa shape index (κ2) is 10.4. The van der Waals surface area contributed by atoms with Crippen LogP contribution in [-0.2, 0) is 14.3 Å². The number of hydrogen-bond acceptors (Lipinski definition) is 6. The fourth-order valence-corrected chi connectivity index (χ4v) is 4.28. The standard InChI is InChI=1S/C24H25FN4O5/c1-2-33-23(32)15-6-8-18(9-7-15)29-20-13-21(34-11-10-30)26-14-19(20)27-24(29)28-22(31)16-4-3-5-17(25)12-16/h3-5,10,12-15,18H,2,6-9,11H2,1H3,(H,27,28,31)/t15-,18+. The summed E-state index contributed by atoms with van der Waals surface area (Å²) in [6.07, 6.45) is 4.79. The van der Waals surface area contributed by atoms with Crippen molar-refractivity contribution in [3.8, 4) is 5.88 Å². The maximum Gasteiger partial charge on any atom is 0.308 e. The quantitative estimate of drug-likeness (QED) is 0.421. The molecule has 0 radical (unpaired) electrons. The third-order valence-electron chi connectivity index (χ3n) is 5.85. The number of rotatable bonds is 7. The van der Waals surface area contributed by atoms with Crippen molar-refractivity contribution in [1.82, 2.24) is 14.5 Å². The van der Waals surface area contributed by atoms with Crippen LogP contribution in [0.3, 0.4) is 0 Å². The number of carbonyl (C=O) groups is 3. The molecular formula is C24H25FN4O5. The Labute approximate surface area is 194 Å². The average molecular weight is 468 g/mol. The lowest BCUT2D eigenvalue weighted by Gasteiger charge is -2.28. The third kappa shape index (κ3) is 5.05. The normalized spacial score (nSPS) is 18.6. The molecule has 4 rings (SSSR count). The second-order valence-electron chi connectivity index (χ2n) is 8.02. The Morgan fingerprint density at radius 3 is 2.76 bits per heavy atom. The van der Waals surface area contributed by atoms with Gasteiger partial charge in [-0.05, 0) is 50.8 Å². The highest BCUT2D eigenvalue weighted by Gasteiger charge is 2.29. The summed E-state index contributed by atoms with van der Waals surface area (Å²) in [4.78, 5) is 47.2. The molecule has 34 heavy (non-hydrogen) atoms. The summed E-state index contributed by atoms with van der Waals surface area (Å²) in [5.74, 6) is -1.21. The average Bonchev–Trinajstić information content (AvgIpc) is 3.20. The van der Waals surface area contributed by atoms with Crippen molar-refractivity contribution in [1.29, 1.82) is 0 Å². The van der Waals surface area contributed by atoms with Crippen LogP contribution in [0.15, 0.2) is 41.5 Å². The summed E-state index contributed by atoms with van der Waals surface area (Å²) in [5, 5.41) is 0. The molecule has 1 amide bonds. The predicted molar refractivity (Wildman–Crippen MR) is 120 cm³/mol. The Kier molecular flexibility index (Phi) is 7.15. The minimum atomic E-state index is -0.592. The van der Waals surface area contributed by atoms with Gasteiger partial charge in [-0.1, -0.05) is 6.07 Å². The first kappa shape index (κ1) is 23.3. The van der Waals surface area contributed by atoms with Crippen LogP contribution in [0, 0.1) is 11.7 Å². The molecule has 10 heteroatoms. The zero-order valence-electron chi connectivity index (χ0n) is 18.7. The monoisotopic (exact) mass is 468 g/mol. The minimum absolute atomic E-state index is 0.0557. The van der Waals surface area contributed by atoms with Crippen molar-refractivity contribution in [2.24, 2.45) is 10.9 Å². The number of H-pyrrole nitrogens is 1. The van der Waals surface area contributed by atoms with Crippen LogP contribution >= 0.6 is 0 Å². The van der Waals surface area contributed by atoms with E-state index >= 15 is 0 Å². The van der Waals surface area contributed by atoms with Gasteiger partial charge in [0.2, 0.25) is 11.5 Å². The van der Waals surface area contributed by atoms with Gasteiger partial charge < -0.3 is 19.0 Å². The van der Waals surface area contributed by atoms with E-state index in [1.807, 2.05) is 4.57 Å². The van der Waals surface area contributed by atoms with Gasteiger partial charge in [0.05, 0.1) is 29.8 Å². The molecule has 2 aromatic heterocycles. The maximum absolute atomic E-state index is 13.6. The van der Waals surface area contributed by atoms with Crippen LogP contribution in [0.1, 0.15) is 49.0 Å². The Morgan fingerprint density at radius 2 is 2.06 bits per heavy atom. The Balaban J connectivity index is 1.73.